The lowest BCUT2D eigenvalue weighted by Gasteiger charge is -2.09. The number of rotatable bonds is 6. The number of nitrogens with zero attached hydrogens (tertiary/aromatic N) is 1. The summed E-state index contributed by atoms with van der Waals surface area (Å²) in [5.41, 5.74) is 6.29. The van der Waals surface area contributed by atoms with Crippen molar-refractivity contribution >= 4 is 22.8 Å². The summed E-state index contributed by atoms with van der Waals surface area (Å²) in [7, 11) is 0. The molecular weight excluding hydrogens is 339 g/mol. The summed E-state index contributed by atoms with van der Waals surface area (Å²) >= 11 is 0. The molecule has 7 heteroatoms. The molecule has 0 saturated carbocycles. The van der Waals surface area contributed by atoms with Gasteiger partial charge < -0.3 is 15.2 Å². The molecule has 0 radical (unpaired) electrons. The van der Waals surface area contributed by atoms with Gasteiger partial charge in [-0.15, -0.1) is 0 Å². The Bertz CT molecular complexity index is 975. The molecule has 0 spiro atoms. The second-order valence-corrected chi connectivity index (χ2v) is 5.50. The van der Waals surface area contributed by atoms with Crippen LogP contribution in [0.4, 0.5) is 4.39 Å². The van der Waals surface area contributed by atoms with Crippen molar-refractivity contribution in [3.8, 4) is 5.75 Å². The van der Waals surface area contributed by atoms with Gasteiger partial charge in [-0.3, -0.25) is 9.78 Å². The fraction of sp³-hybridized carbons (Fsp3) is 0.105. The van der Waals surface area contributed by atoms with Gasteiger partial charge in [0.05, 0.1) is 11.1 Å². The van der Waals surface area contributed by atoms with E-state index in [1.54, 1.807) is 36.5 Å². The van der Waals surface area contributed by atoms with Gasteiger partial charge in [0.15, 0.2) is 6.61 Å². The Kier molecular flexibility index (Phi) is 5.07. The van der Waals surface area contributed by atoms with Crippen LogP contribution in [0.2, 0.25) is 0 Å². The molecule has 2 N–H and O–H groups in total. The molecule has 0 bridgehead atoms. The van der Waals surface area contributed by atoms with Gasteiger partial charge in [0.1, 0.15) is 18.2 Å². The predicted molar refractivity (Wildman–Crippen MR) is 92.0 cm³/mol. The highest BCUT2D eigenvalue weighted by molar-refractivity contribution is 5.90. The highest BCUT2D eigenvalue weighted by Crippen LogP contribution is 2.20. The zero-order valence-electron chi connectivity index (χ0n) is 13.6. The highest BCUT2D eigenvalue weighted by Gasteiger charge is 2.12. The van der Waals surface area contributed by atoms with Crippen LogP contribution in [0.5, 0.6) is 5.75 Å². The molecule has 0 unspecified atom stereocenters. The summed E-state index contributed by atoms with van der Waals surface area (Å²) in [6.07, 6.45) is 1.59. The molecule has 3 rings (SSSR count). The van der Waals surface area contributed by atoms with Crippen LogP contribution >= 0.6 is 0 Å². The van der Waals surface area contributed by atoms with Gasteiger partial charge in [0.25, 0.3) is 5.91 Å². The van der Waals surface area contributed by atoms with Crippen molar-refractivity contribution in [3.05, 3.63) is 71.7 Å². The van der Waals surface area contributed by atoms with E-state index >= 15 is 0 Å². The molecule has 0 aliphatic rings. The van der Waals surface area contributed by atoms with E-state index in [0.717, 1.165) is 0 Å². The second-order valence-electron chi connectivity index (χ2n) is 5.50. The predicted octanol–water partition coefficient (Wildman–Crippen LogP) is 2.60. The molecule has 1 heterocycles. The number of hydrogen-bond donors (Lipinski definition) is 1. The van der Waals surface area contributed by atoms with Gasteiger partial charge in [0, 0.05) is 17.1 Å². The van der Waals surface area contributed by atoms with E-state index in [4.69, 9.17) is 15.2 Å². The summed E-state index contributed by atoms with van der Waals surface area (Å²) in [6, 6.07) is 12.2. The zero-order chi connectivity index (χ0) is 18.5. The minimum absolute atomic E-state index is 0.128. The number of ether oxygens (including phenoxy) is 2. The van der Waals surface area contributed by atoms with E-state index in [1.807, 2.05) is 0 Å². The number of fused-ring (bicyclic) bond motifs is 1. The topological polar surface area (TPSA) is 91.5 Å². The molecule has 26 heavy (non-hydrogen) atoms. The molecule has 1 amide bonds. The lowest BCUT2D eigenvalue weighted by atomic mass is 10.1. The van der Waals surface area contributed by atoms with Crippen LogP contribution in [0.25, 0.3) is 10.9 Å². The van der Waals surface area contributed by atoms with E-state index in [2.05, 4.69) is 4.98 Å². The van der Waals surface area contributed by atoms with Crippen molar-refractivity contribution in [1.29, 1.82) is 0 Å². The van der Waals surface area contributed by atoms with Gasteiger partial charge in [-0.1, -0.05) is 12.1 Å². The summed E-state index contributed by atoms with van der Waals surface area (Å²) in [6.45, 7) is -0.421. The number of carbonyl (C=O) groups excluding carboxylic acids is 2. The molecule has 1 aromatic heterocycles. The first kappa shape index (κ1) is 17.3. The molecule has 0 aliphatic heterocycles. The van der Waals surface area contributed by atoms with Crippen LogP contribution in [-0.4, -0.2) is 23.5 Å². The minimum Gasteiger partial charge on any atom is -0.484 e. The van der Waals surface area contributed by atoms with Crippen LogP contribution in [0.3, 0.4) is 0 Å². The van der Waals surface area contributed by atoms with Gasteiger partial charge in [0.2, 0.25) is 0 Å². The Labute approximate surface area is 148 Å². The Hall–Kier alpha value is -3.48. The normalized spacial score (nSPS) is 10.5. The summed E-state index contributed by atoms with van der Waals surface area (Å²) in [4.78, 5) is 27.2. The Morgan fingerprint density at radius 3 is 2.77 bits per heavy atom. The maximum Gasteiger partial charge on any atom is 0.338 e. The quantitative estimate of drug-likeness (QED) is 0.687. The standard InChI is InChI=1S/C19H15FN2O4/c20-15-7-12-4-2-6-22-18(12)14(8-15)10-26-19(24)13-3-1-5-16(9-13)25-11-17(21)23/h1-9H,10-11H2,(H2,21,23). The fourth-order valence-corrected chi connectivity index (χ4v) is 2.43. The number of aromatic nitrogens is 1. The van der Waals surface area contributed by atoms with E-state index in [0.29, 0.717) is 22.2 Å². The molecule has 6 nitrogen and oxygen atoms in total. The van der Waals surface area contributed by atoms with Crippen molar-refractivity contribution < 1.29 is 23.5 Å². The Morgan fingerprint density at radius 1 is 1.12 bits per heavy atom. The van der Waals surface area contributed by atoms with E-state index in [-0.39, 0.29) is 18.8 Å². The zero-order valence-corrected chi connectivity index (χ0v) is 13.6. The molecule has 132 valence electrons. The van der Waals surface area contributed by atoms with Crippen molar-refractivity contribution in [2.24, 2.45) is 5.73 Å². The number of benzene rings is 2. The third kappa shape index (κ3) is 4.13. The number of esters is 1. The largest absolute Gasteiger partial charge is 0.484 e. The van der Waals surface area contributed by atoms with Crippen molar-refractivity contribution in [2.45, 2.75) is 6.61 Å². The monoisotopic (exact) mass is 354 g/mol. The van der Waals surface area contributed by atoms with Crippen LogP contribution in [0.1, 0.15) is 15.9 Å². The first-order valence-corrected chi connectivity index (χ1v) is 7.74. The first-order chi connectivity index (χ1) is 12.5. The van der Waals surface area contributed by atoms with Crippen LogP contribution < -0.4 is 10.5 Å². The van der Waals surface area contributed by atoms with Crippen molar-refractivity contribution in [1.82, 2.24) is 4.98 Å². The third-order valence-electron chi connectivity index (χ3n) is 3.56. The summed E-state index contributed by atoms with van der Waals surface area (Å²) in [5, 5.41) is 0.625. The lowest BCUT2D eigenvalue weighted by Crippen LogP contribution is -2.20. The first-order valence-electron chi connectivity index (χ1n) is 7.74. The highest BCUT2D eigenvalue weighted by atomic mass is 19.1. The van der Waals surface area contributed by atoms with Gasteiger partial charge in [-0.2, -0.15) is 0 Å². The van der Waals surface area contributed by atoms with E-state index in [9.17, 15) is 14.0 Å². The fourth-order valence-electron chi connectivity index (χ4n) is 2.43. The Morgan fingerprint density at radius 2 is 1.96 bits per heavy atom. The van der Waals surface area contributed by atoms with E-state index in [1.165, 1.54) is 18.2 Å². The lowest BCUT2D eigenvalue weighted by molar-refractivity contribution is -0.119. The number of amides is 1. The SMILES string of the molecule is NC(=O)COc1cccc(C(=O)OCc2cc(F)cc3cccnc23)c1. The third-order valence-corrected chi connectivity index (χ3v) is 3.56. The smallest absolute Gasteiger partial charge is 0.338 e. The van der Waals surface area contributed by atoms with Gasteiger partial charge in [-0.05, 0) is 36.4 Å². The number of hydrogen-bond acceptors (Lipinski definition) is 5. The molecular formula is C19H15FN2O4. The van der Waals surface area contributed by atoms with Crippen LogP contribution in [0.15, 0.2) is 54.7 Å². The molecule has 0 fully saturated rings. The number of pyridine rings is 1. The molecule has 0 saturated heterocycles. The second kappa shape index (κ2) is 7.60. The average Bonchev–Trinajstić information content (AvgIpc) is 2.64. The van der Waals surface area contributed by atoms with Crippen LogP contribution in [-0.2, 0) is 16.1 Å². The molecule has 2 aromatic carbocycles. The Balaban J connectivity index is 1.73. The van der Waals surface area contributed by atoms with Gasteiger partial charge in [-0.25, -0.2) is 9.18 Å². The minimum atomic E-state index is -0.622. The number of carbonyl (C=O) groups is 2. The van der Waals surface area contributed by atoms with Gasteiger partial charge >= 0.3 is 5.97 Å². The maximum absolute atomic E-state index is 13.7. The summed E-state index contributed by atoms with van der Waals surface area (Å²) in [5.74, 6) is -1.35. The molecule has 0 atom stereocenters. The number of halogens is 1. The summed E-state index contributed by atoms with van der Waals surface area (Å²) < 4.78 is 24.1. The van der Waals surface area contributed by atoms with Crippen LogP contribution in [0, 0.1) is 5.82 Å². The maximum atomic E-state index is 13.7. The van der Waals surface area contributed by atoms with Crippen molar-refractivity contribution in [2.75, 3.05) is 6.61 Å². The number of nitrogens with two attached hydrogens (primary N) is 1. The average molecular weight is 354 g/mol. The van der Waals surface area contributed by atoms with E-state index < -0.39 is 17.7 Å². The van der Waals surface area contributed by atoms with Crippen molar-refractivity contribution in [3.63, 3.8) is 0 Å². The molecule has 3 aromatic rings. The number of primary amides is 1. The molecule has 0 aliphatic carbocycles.